The van der Waals surface area contributed by atoms with Crippen molar-refractivity contribution in [1.29, 1.82) is 0 Å². The number of carbonyl (C=O) groups is 1. The molecular weight excluding hydrogens is 386 g/mol. The molecule has 0 spiro atoms. The van der Waals surface area contributed by atoms with E-state index in [-0.39, 0.29) is 6.09 Å². The van der Waals surface area contributed by atoms with Crippen LogP contribution in [0.1, 0.15) is 33.6 Å². The lowest BCUT2D eigenvalue weighted by atomic mass is 9.97. The summed E-state index contributed by atoms with van der Waals surface area (Å²) in [6, 6.07) is 21.0. The minimum absolute atomic E-state index is 0.203. The fraction of sp³-hybridized carbons (Fsp3) is 0.385. The number of nitrogens with zero attached hydrogens (tertiary/aromatic N) is 3. The van der Waals surface area contributed by atoms with Gasteiger partial charge in [0.15, 0.2) is 0 Å². The van der Waals surface area contributed by atoms with Crippen molar-refractivity contribution in [3.05, 3.63) is 66.9 Å². The number of carbonyl (C=O) groups excluding carboxylic acids is 1. The molecule has 2 heterocycles. The molecule has 162 valence electrons. The van der Waals surface area contributed by atoms with Gasteiger partial charge in [0.05, 0.1) is 5.69 Å². The van der Waals surface area contributed by atoms with Crippen LogP contribution in [0.2, 0.25) is 0 Å². The zero-order valence-electron chi connectivity index (χ0n) is 18.6. The Labute approximate surface area is 184 Å². The number of piperidine rings is 1. The van der Waals surface area contributed by atoms with Gasteiger partial charge in [-0.25, -0.2) is 4.79 Å². The lowest BCUT2D eigenvalue weighted by molar-refractivity contribution is 0.0177. The van der Waals surface area contributed by atoms with Gasteiger partial charge in [-0.1, -0.05) is 48.5 Å². The van der Waals surface area contributed by atoms with Gasteiger partial charge in [0.1, 0.15) is 5.60 Å². The third-order valence-corrected chi connectivity index (χ3v) is 5.62. The summed E-state index contributed by atoms with van der Waals surface area (Å²) >= 11 is 0. The van der Waals surface area contributed by atoms with Crippen molar-refractivity contribution in [3.63, 3.8) is 0 Å². The Morgan fingerprint density at radius 1 is 0.968 bits per heavy atom. The van der Waals surface area contributed by atoms with Gasteiger partial charge in [-0.2, -0.15) is 5.10 Å². The van der Waals surface area contributed by atoms with Crippen LogP contribution in [0.15, 0.2) is 66.9 Å². The highest BCUT2D eigenvalue weighted by molar-refractivity contribution is 5.71. The van der Waals surface area contributed by atoms with E-state index in [1.165, 1.54) is 11.1 Å². The number of ether oxygens (including phenoxy) is 1. The molecular formula is C26H31N3O2. The van der Waals surface area contributed by atoms with Crippen molar-refractivity contribution in [2.45, 2.75) is 45.8 Å². The van der Waals surface area contributed by atoms with Crippen molar-refractivity contribution >= 4 is 6.09 Å². The molecule has 0 unspecified atom stereocenters. The fourth-order valence-electron chi connectivity index (χ4n) is 4.00. The van der Waals surface area contributed by atoms with E-state index in [0.29, 0.717) is 5.92 Å². The number of likely N-dealkylation sites (tertiary alicyclic amines) is 1. The standard InChI is InChI=1S/C26H31N3O2/c1-26(2,3)31-25(30)28-15-12-20(13-16-28)19-29-17-14-24(27-29)23-11-7-10-22(18-23)21-8-5-4-6-9-21/h4-11,14,17-18,20H,12-13,15-16,19H2,1-3H3. The third kappa shape index (κ3) is 5.54. The van der Waals surface area contributed by atoms with E-state index in [1.807, 2.05) is 36.4 Å². The van der Waals surface area contributed by atoms with Crippen molar-refractivity contribution in [2.75, 3.05) is 13.1 Å². The Balaban J connectivity index is 1.36. The average molecular weight is 418 g/mol. The first-order valence-corrected chi connectivity index (χ1v) is 11.0. The monoisotopic (exact) mass is 417 g/mol. The van der Waals surface area contributed by atoms with Gasteiger partial charge in [0, 0.05) is 31.4 Å². The molecule has 5 heteroatoms. The van der Waals surface area contributed by atoms with E-state index in [0.717, 1.165) is 43.7 Å². The highest BCUT2D eigenvalue weighted by atomic mass is 16.6. The number of rotatable bonds is 4. The first kappa shape index (κ1) is 21.2. The lowest BCUT2D eigenvalue weighted by Gasteiger charge is -2.33. The molecule has 3 aromatic rings. The minimum atomic E-state index is -0.447. The quantitative estimate of drug-likeness (QED) is 0.534. The summed E-state index contributed by atoms with van der Waals surface area (Å²) in [5.74, 6) is 0.516. The van der Waals surface area contributed by atoms with E-state index in [1.54, 1.807) is 0 Å². The maximum atomic E-state index is 12.3. The SMILES string of the molecule is CC(C)(C)OC(=O)N1CCC(Cn2ccc(-c3cccc(-c4ccccc4)c3)n2)CC1. The fourth-order valence-corrected chi connectivity index (χ4v) is 4.00. The number of benzene rings is 2. The number of aromatic nitrogens is 2. The molecule has 0 radical (unpaired) electrons. The summed E-state index contributed by atoms with van der Waals surface area (Å²) in [5.41, 5.74) is 4.07. The van der Waals surface area contributed by atoms with Crippen molar-refractivity contribution in [2.24, 2.45) is 5.92 Å². The Bertz CT molecular complexity index is 1010. The topological polar surface area (TPSA) is 47.4 Å². The molecule has 2 aromatic carbocycles. The van der Waals surface area contributed by atoms with E-state index >= 15 is 0 Å². The van der Waals surface area contributed by atoms with Crippen LogP contribution in [0.4, 0.5) is 4.79 Å². The van der Waals surface area contributed by atoms with Crippen molar-refractivity contribution in [1.82, 2.24) is 14.7 Å². The van der Waals surface area contributed by atoms with Gasteiger partial charge in [-0.15, -0.1) is 0 Å². The summed E-state index contributed by atoms with van der Waals surface area (Å²) in [6.45, 7) is 8.08. The van der Waals surface area contributed by atoms with Crippen LogP contribution < -0.4 is 0 Å². The molecule has 1 amide bonds. The summed E-state index contributed by atoms with van der Waals surface area (Å²) in [6.07, 6.45) is 3.80. The number of hydrogen-bond donors (Lipinski definition) is 0. The molecule has 0 N–H and O–H groups in total. The van der Waals surface area contributed by atoms with Crippen molar-refractivity contribution in [3.8, 4) is 22.4 Å². The Kier molecular flexibility index (Phi) is 6.12. The molecule has 1 aliphatic heterocycles. The van der Waals surface area contributed by atoms with E-state index in [4.69, 9.17) is 9.84 Å². The number of hydrogen-bond acceptors (Lipinski definition) is 3. The summed E-state index contributed by atoms with van der Waals surface area (Å²) in [5, 5.41) is 4.82. The zero-order valence-corrected chi connectivity index (χ0v) is 18.6. The maximum absolute atomic E-state index is 12.3. The first-order valence-electron chi connectivity index (χ1n) is 11.0. The van der Waals surface area contributed by atoms with E-state index in [9.17, 15) is 4.79 Å². The van der Waals surface area contributed by atoms with Crippen LogP contribution >= 0.6 is 0 Å². The van der Waals surface area contributed by atoms with Crippen LogP contribution in [0.5, 0.6) is 0 Å². The molecule has 31 heavy (non-hydrogen) atoms. The molecule has 1 aliphatic rings. The van der Waals surface area contributed by atoms with E-state index in [2.05, 4.69) is 60.8 Å². The molecule has 1 saturated heterocycles. The summed E-state index contributed by atoms with van der Waals surface area (Å²) in [7, 11) is 0. The predicted molar refractivity (Wildman–Crippen MR) is 124 cm³/mol. The highest BCUT2D eigenvalue weighted by Gasteiger charge is 2.27. The van der Waals surface area contributed by atoms with E-state index < -0.39 is 5.60 Å². The molecule has 5 nitrogen and oxygen atoms in total. The molecule has 1 fully saturated rings. The van der Waals surface area contributed by atoms with Gasteiger partial charge in [-0.05, 0) is 62.8 Å². The molecule has 0 saturated carbocycles. The second-order valence-electron chi connectivity index (χ2n) is 9.28. The Morgan fingerprint density at radius 2 is 1.65 bits per heavy atom. The van der Waals surface area contributed by atoms with Crippen LogP contribution in [0.3, 0.4) is 0 Å². The van der Waals surface area contributed by atoms with Crippen LogP contribution in [0, 0.1) is 5.92 Å². The summed E-state index contributed by atoms with van der Waals surface area (Å²) in [4.78, 5) is 14.1. The maximum Gasteiger partial charge on any atom is 0.410 e. The second-order valence-corrected chi connectivity index (χ2v) is 9.28. The second kappa shape index (κ2) is 8.96. The largest absolute Gasteiger partial charge is 0.444 e. The lowest BCUT2D eigenvalue weighted by Crippen LogP contribution is -2.42. The number of amides is 1. The zero-order chi connectivity index (χ0) is 21.8. The van der Waals surface area contributed by atoms with Gasteiger partial charge < -0.3 is 9.64 Å². The predicted octanol–water partition coefficient (Wildman–Crippen LogP) is 5.86. The third-order valence-electron chi connectivity index (χ3n) is 5.62. The van der Waals surface area contributed by atoms with Crippen LogP contribution in [0.25, 0.3) is 22.4 Å². The Morgan fingerprint density at radius 3 is 2.35 bits per heavy atom. The van der Waals surface area contributed by atoms with Gasteiger partial charge in [-0.3, -0.25) is 4.68 Å². The molecule has 0 bridgehead atoms. The average Bonchev–Trinajstić information content (AvgIpc) is 3.22. The molecule has 0 atom stereocenters. The smallest absolute Gasteiger partial charge is 0.410 e. The minimum Gasteiger partial charge on any atom is -0.444 e. The normalized spacial score (nSPS) is 15.1. The first-order chi connectivity index (χ1) is 14.9. The van der Waals surface area contributed by atoms with Gasteiger partial charge >= 0.3 is 6.09 Å². The van der Waals surface area contributed by atoms with Crippen LogP contribution in [-0.4, -0.2) is 39.5 Å². The summed E-state index contributed by atoms with van der Waals surface area (Å²) < 4.78 is 7.53. The molecule has 4 rings (SSSR count). The van der Waals surface area contributed by atoms with Crippen LogP contribution in [-0.2, 0) is 11.3 Å². The van der Waals surface area contributed by atoms with Gasteiger partial charge in [0.2, 0.25) is 0 Å². The molecule has 1 aromatic heterocycles. The molecule has 0 aliphatic carbocycles. The highest BCUT2D eigenvalue weighted by Crippen LogP contribution is 2.26. The van der Waals surface area contributed by atoms with Gasteiger partial charge in [0.25, 0.3) is 0 Å². The van der Waals surface area contributed by atoms with Crippen molar-refractivity contribution < 1.29 is 9.53 Å². The Hall–Kier alpha value is -3.08.